The molecule has 0 aliphatic heterocycles. The van der Waals surface area contributed by atoms with Crippen LogP contribution >= 0.6 is 15.9 Å². The molecule has 5 heteroatoms. The Morgan fingerprint density at radius 2 is 2.05 bits per heavy atom. The molecule has 1 amide bonds. The third kappa shape index (κ3) is 5.75. The average molecular weight is 324 g/mol. The molecule has 0 bridgehead atoms. The van der Waals surface area contributed by atoms with Crippen molar-refractivity contribution < 1.29 is 4.79 Å². The van der Waals surface area contributed by atoms with Crippen LogP contribution in [0, 0.1) is 11.3 Å². The van der Waals surface area contributed by atoms with Gasteiger partial charge in [0.15, 0.2) is 0 Å². The zero-order chi connectivity index (χ0) is 14.5. The minimum absolute atomic E-state index is 0.120. The van der Waals surface area contributed by atoms with E-state index in [1.807, 2.05) is 45.0 Å². The molecular weight excluding hydrogens is 306 g/mol. The SMILES string of the molecule is CC(C)(C)NC(=O)CC(C#N)Nc1ccccc1Br. The van der Waals surface area contributed by atoms with Crippen LogP contribution in [0.25, 0.3) is 0 Å². The summed E-state index contributed by atoms with van der Waals surface area (Å²) >= 11 is 3.40. The summed E-state index contributed by atoms with van der Waals surface area (Å²) in [6, 6.07) is 9.05. The van der Waals surface area contributed by atoms with Crippen LogP contribution in [0.15, 0.2) is 28.7 Å². The van der Waals surface area contributed by atoms with Crippen LogP contribution in [0.3, 0.4) is 0 Å². The second kappa shape index (κ2) is 6.58. The van der Waals surface area contributed by atoms with E-state index in [4.69, 9.17) is 5.26 Å². The van der Waals surface area contributed by atoms with Crippen LogP contribution in [0.4, 0.5) is 5.69 Å². The Bertz CT molecular complexity index is 488. The fourth-order valence-corrected chi connectivity index (χ4v) is 1.95. The summed E-state index contributed by atoms with van der Waals surface area (Å²) in [5, 5.41) is 15.0. The van der Waals surface area contributed by atoms with Crippen molar-refractivity contribution in [2.45, 2.75) is 38.8 Å². The summed E-state index contributed by atoms with van der Waals surface area (Å²) in [6.45, 7) is 5.73. The minimum Gasteiger partial charge on any atom is -0.368 e. The number of carbonyl (C=O) groups is 1. The lowest BCUT2D eigenvalue weighted by Crippen LogP contribution is -2.42. The van der Waals surface area contributed by atoms with Crippen molar-refractivity contribution in [3.8, 4) is 6.07 Å². The standard InChI is InChI=1S/C14H18BrN3O/c1-14(2,3)18-13(19)8-10(9-16)17-12-7-5-4-6-11(12)15/h4-7,10,17H,8H2,1-3H3,(H,18,19). The van der Waals surface area contributed by atoms with Gasteiger partial charge in [-0.1, -0.05) is 12.1 Å². The minimum atomic E-state index is -0.555. The van der Waals surface area contributed by atoms with Crippen LogP contribution in [0.2, 0.25) is 0 Å². The van der Waals surface area contributed by atoms with Gasteiger partial charge in [-0.3, -0.25) is 4.79 Å². The molecule has 19 heavy (non-hydrogen) atoms. The highest BCUT2D eigenvalue weighted by molar-refractivity contribution is 9.10. The average Bonchev–Trinajstić information content (AvgIpc) is 2.28. The van der Waals surface area contributed by atoms with Crippen LogP contribution < -0.4 is 10.6 Å². The summed E-state index contributed by atoms with van der Waals surface area (Å²) in [4.78, 5) is 11.8. The Morgan fingerprint density at radius 3 is 2.58 bits per heavy atom. The Balaban J connectivity index is 2.63. The van der Waals surface area contributed by atoms with Crippen LogP contribution in [-0.4, -0.2) is 17.5 Å². The molecule has 0 heterocycles. The van der Waals surface area contributed by atoms with Crippen molar-refractivity contribution in [1.29, 1.82) is 5.26 Å². The van der Waals surface area contributed by atoms with Crippen LogP contribution in [0.1, 0.15) is 27.2 Å². The molecule has 0 aliphatic carbocycles. The second-order valence-corrected chi connectivity index (χ2v) is 6.16. The van der Waals surface area contributed by atoms with Gasteiger partial charge in [0, 0.05) is 15.7 Å². The van der Waals surface area contributed by atoms with Gasteiger partial charge in [0.2, 0.25) is 5.91 Å². The molecule has 2 N–H and O–H groups in total. The maximum absolute atomic E-state index is 11.8. The van der Waals surface area contributed by atoms with Crippen molar-refractivity contribution in [1.82, 2.24) is 5.32 Å². The van der Waals surface area contributed by atoms with E-state index in [2.05, 4.69) is 32.6 Å². The third-order valence-electron chi connectivity index (χ3n) is 2.26. The third-order valence-corrected chi connectivity index (χ3v) is 2.95. The van der Waals surface area contributed by atoms with Crippen molar-refractivity contribution in [2.75, 3.05) is 5.32 Å². The predicted octanol–water partition coefficient (Wildman–Crippen LogP) is 3.06. The first-order valence-corrected chi connectivity index (χ1v) is 6.83. The number of carbonyl (C=O) groups excluding carboxylic acids is 1. The number of hydrogen-bond acceptors (Lipinski definition) is 3. The molecule has 1 rings (SSSR count). The topological polar surface area (TPSA) is 64.9 Å². The maximum atomic E-state index is 11.8. The number of hydrogen-bond donors (Lipinski definition) is 2. The number of anilines is 1. The molecule has 0 aromatic heterocycles. The van der Waals surface area contributed by atoms with Gasteiger partial charge < -0.3 is 10.6 Å². The van der Waals surface area contributed by atoms with Gasteiger partial charge in [0.05, 0.1) is 12.5 Å². The first-order chi connectivity index (χ1) is 8.81. The van der Waals surface area contributed by atoms with E-state index < -0.39 is 6.04 Å². The van der Waals surface area contributed by atoms with Gasteiger partial charge in [-0.05, 0) is 48.8 Å². The smallest absolute Gasteiger partial charge is 0.223 e. The fourth-order valence-electron chi connectivity index (χ4n) is 1.55. The van der Waals surface area contributed by atoms with Gasteiger partial charge in [-0.15, -0.1) is 0 Å². The maximum Gasteiger partial charge on any atom is 0.223 e. The summed E-state index contributed by atoms with van der Waals surface area (Å²) in [5.74, 6) is -0.140. The number of para-hydroxylation sites is 1. The fraction of sp³-hybridized carbons (Fsp3) is 0.429. The van der Waals surface area contributed by atoms with Crippen molar-refractivity contribution in [3.05, 3.63) is 28.7 Å². The number of amides is 1. The molecular formula is C14H18BrN3O. The number of halogens is 1. The van der Waals surface area contributed by atoms with Crippen molar-refractivity contribution in [3.63, 3.8) is 0 Å². The molecule has 0 fully saturated rings. The summed E-state index contributed by atoms with van der Waals surface area (Å²) in [6.07, 6.45) is 0.120. The largest absolute Gasteiger partial charge is 0.368 e. The van der Waals surface area contributed by atoms with Gasteiger partial charge in [0.1, 0.15) is 6.04 Å². The summed E-state index contributed by atoms with van der Waals surface area (Å²) in [7, 11) is 0. The lowest BCUT2D eigenvalue weighted by molar-refractivity contribution is -0.122. The molecule has 0 spiro atoms. The first-order valence-electron chi connectivity index (χ1n) is 6.03. The number of nitrogens with zero attached hydrogens (tertiary/aromatic N) is 1. The molecule has 0 aliphatic rings. The Kier molecular flexibility index (Phi) is 5.37. The highest BCUT2D eigenvalue weighted by Gasteiger charge is 2.18. The number of nitriles is 1. The van der Waals surface area contributed by atoms with Gasteiger partial charge in [-0.2, -0.15) is 5.26 Å². The highest BCUT2D eigenvalue weighted by Crippen LogP contribution is 2.22. The molecule has 1 atom stereocenters. The van der Waals surface area contributed by atoms with Crippen LogP contribution in [0.5, 0.6) is 0 Å². The molecule has 4 nitrogen and oxygen atoms in total. The Hall–Kier alpha value is -1.54. The van der Waals surface area contributed by atoms with Gasteiger partial charge >= 0.3 is 0 Å². The predicted molar refractivity (Wildman–Crippen MR) is 79.7 cm³/mol. The van der Waals surface area contributed by atoms with E-state index in [-0.39, 0.29) is 17.9 Å². The zero-order valence-electron chi connectivity index (χ0n) is 11.3. The Labute approximate surface area is 122 Å². The zero-order valence-corrected chi connectivity index (χ0v) is 12.9. The van der Waals surface area contributed by atoms with Crippen LogP contribution in [-0.2, 0) is 4.79 Å². The summed E-state index contributed by atoms with van der Waals surface area (Å²) < 4.78 is 0.867. The van der Waals surface area contributed by atoms with E-state index >= 15 is 0 Å². The van der Waals surface area contributed by atoms with Gasteiger partial charge in [0.25, 0.3) is 0 Å². The molecule has 0 saturated heterocycles. The van der Waals surface area contributed by atoms with E-state index in [9.17, 15) is 4.79 Å². The van der Waals surface area contributed by atoms with Gasteiger partial charge in [-0.25, -0.2) is 0 Å². The molecule has 0 saturated carbocycles. The molecule has 0 radical (unpaired) electrons. The normalized spacial score (nSPS) is 12.4. The van der Waals surface area contributed by atoms with E-state index in [1.165, 1.54) is 0 Å². The Morgan fingerprint density at radius 1 is 1.42 bits per heavy atom. The molecule has 1 unspecified atom stereocenters. The highest BCUT2D eigenvalue weighted by atomic mass is 79.9. The van der Waals surface area contributed by atoms with E-state index in [0.717, 1.165) is 10.2 Å². The molecule has 102 valence electrons. The van der Waals surface area contributed by atoms with Crippen molar-refractivity contribution >= 4 is 27.5 Å². The first kappa shape index (κ1) is 15.5. The van der Waals surface area contributed by atoms with E-state index in [0.29, 0.717) is 0 Å². The van der Waals surface area contributed by atoms with Crippen molar-refractivity contribution in [2.24, 2.45) is 0 Å². The lowest BCUT2D eigenvalue weighted by atomic mass is 10.1. The molecule has 1 aromatic rings. The number of nitrogens with one attached hydrogen (secondary N) is 2. The number of benzene rings is 1. The second-order valence-electron chi connectivity index (χ2n) is 5.31. The number of rotatable bonds is 4. The molecule has 1 aromatic carbocycles. The quantitative estimate of drug-likeness (QED) is 0.895. The summed E-state index contributed by atoms with van der Waals surface area (Å²) in [5.41, 5.74) is 0.516. The monoisotopic (exact) mass is 323 g/mol. The lowest BCUT2D eigenvalue weighted by Gasteiger charge is -2.22. The van der Waals surface area contributed by atoms with E-state index in [1.54, 1.807) is 0 Å².